The predicted octanol–water partition coefficient (Wildman–Crippen LogP) is 4.25. The van der Waals surface area contributed by atoms with Gasteiger partial charge in [0, 0.05) is 5.56 Å². The molecule has 1 fully saturated rings. The molecule has 0 spiro atoms. The molecule has 20 heavy (non-hydrogen) atoms. The highest BCUT2D eigenvalue weighted by molar-refractivity contribution is 6.74. The number of ether oxygens (including phenoxy) is 2. The van der Waals surface area contributed by atoms with Gasteiger partial charge in [0.2, 0.25) is 0 Å². The zero-order valence-electron chi connectivity index (χ0n) is 13.2. The number of rotatable bonds is 4. The molecule has 112 valence electrons. The highest BCUT2D eigenvalue weighted by atomic mass is 28.4. The van der Waals surface area contributed by atoms with Crippen LogP contribution in [0.25, 0.3) is 0 Å². The third-order valence-corrected chi connectivity index (χ3v) is 8.73. The molecule has 1 saturated heterocycles. The molecule has 4 heteroatoms. The molecule has 0 bridgehead atoms. The van der Waals surface area contributed by atoms with Gasteiger partial charge >= 0.3 is 0 Å². The minimum Gasteiger partial charge on any atom is -0.413 e. The first-order valence-electron chi connectivity index (χ1n) is 7.26. The maximum absolute atomic E-state index is 6.25. The lowest BCUT2D eigenvalue weighted by molar-refractivity contribution is -0.0441. The fourth-order valence-electron chi connectivity index (χ4n) is 1.86. The van der Waals surface area contributed by atoms with E-state index in [0.29, 0.717) is 19.8 Å². The second kappa shape index (κ2) is 5.98. The van der Waals surface area contributed by atoms with E-state index in [1.54, 1.807) is 0 Å². The Labute approximate surface area is 123 Å². The lowest BCUT2D eigenvalue weighted by Gasteiger charge is -2.36. The molecule has 2 rings (SSSR count). The van der Waals surface area contributed by atoms with E-state index in [2.05, 4.69) is 46.0 Å². The van der Waals surface area contributed by atoms with E-state index in [-0.39, 0.29) is 11.3 Å². The monoisotopic (exact) mass is 294 g/mol. The highest BCUT2D eigenvalue weighted by Crippen LogP contribution is 2.37. The van der Waals surface area contributed by atoms with Gasteiger partial charge in [-0.1, -0.05) is 39.0 Å². The van der Waals surface area contributed by atoms with Gasteiger partial charge in [0.25, 0.3) is 0 Å². The SMILES string of the molecule is CC(C)(C)[Si](C)(C)OCc1cccc(C2OCCO2)c1. The van der Waals surface area contributed by atoms with Crippen LogP contribution in [0.2, 0.25) is 18.1 Å². The van der Waals surface area contributed by atoms with Crippen molar-refractivity contribution in [3.05, 3.63) is 35.4 Å². The molecule has 1 heterocycles. The van der Waals surface area contributed by atoms with Gasteiger partial charge in [-0.2, -0.15) is 0 Å². The third kappa shape index (κ3) is 3.70. The number of hydrogen-bond donors (Lipinski definition) is 0. The van der Waals surface area contributed by atoms with Crippen LogP contribution in [-0.4, -0.2) is 21.5 Å². The molecule has 3 nitrogen and oxygen atoms in total. The van der Waals surface area contributed by atoms with Gasteiger partial charge < -0.3 is 13.9 Å². The van der Waals surface area contributed by atoms with E-state index in [0.717, 1.165) is 5.56 Å². The van der Waals surface area contributed by atoms with E-state index in [1.807, 2.05) is 12.1 Å². The Morgan fingerprint density at radius 1 is 1.20 bits per heavy atom. The van der Waals surface area contributed by atoms with Gasteiger partial charge in [-0.3, -0.25) is 0 Å². The Balaban J connectivity index is 2.01. The van der Waals surface area contributed by atoms with E-state index < -0.39 is 8.32 Å². The van der Waals surface area contributed by atoms with Crippen molar-refractivity contribution in [2.75, 3.05) is 13.2 Å². The Hall–Kier alpha value is -0.683. The molecule has 0 aromatic heterocycles. The van der Waals surface area contributed by atoms with Crippen LogP contribution in [0.1, 0.15) is 38.2 Å². The second-order valence-corrected chi connectivity index (χ2v) is 11.7. The Bertz CT molecular complexity index is 445. The molecular weight excluding hydrogens is 268 g/mol. The lowest BCUT2D eigenvalue weighted by Crippen LogP contribution is -2.40. The average molecular weight is 294 g/mol. The molecule has 1 aliphatic heterocycles. The van der Waals surface area contributed by atoms with Gasteiger partial charge in [0.15, 0.2) is 14.6 Å². The number of hydrogen-bond acceptors (Lipinski definition) is 3. The molecule has 0 radical (unpaired) electrons. The van der Waals surface area contributed by atoms with Gasteiger partial charge in [-0.05, 0) is 29.8 Å². The molecule has 1 aromatic carbocycles. The van der Waals surface area contributed by atoms with Crippen molar-refractivity contribution in [3.8, 4) is 0 Å². The standard InChI is InChI=1S/C16H26O3Si/c1-16(2,3)20(4,5)19-12-13-7-6-8-14(11-13)15-17-9-10-18-15/h6-8,11,15H,9-10,12H2,1-5H3. The topological polar surface area (TPSA) is 27.7 Å². The molecule has 0 saturated carbocycles. The van der Waals surface area contributed by atoms with Crippen molar-refractivity contribution in [1.29, 1.82) is 0 Å². The first kappa shape index (κ1) is 15.7. The summed E-state index contributed by atoms with van der Waals surface area (Å²) in [5, 5.41) is 0.238. The lowest BCUT2D eigenvalue weighted by atomic mass is 10.1. The van der Waals surface area contributed by atoms with E-state index in [9.17, 15) is 0 Å². The largest absolute Gasteiger partial charge is 0.413 e. The molecule has 1 aromatic rings. The van der Waals surface area contributed by atoms with Crippen LogP contribution >= 0.6 is 0 Å². The molecular formula is C16H26O3Si. The summed E-state index contributed by atoms with van der Waals surface area (Å²) in [6.07, 6.45) is -0.206. The third-order valence-electron chi connectivity index (χ3n) is 4.25. The van der Waals surface area contributed by atoms with Gasteiger partial charge in [-0.25, -0.2) is 0 Å². The average Bonchev–Trinajstić information content (AvgIpc) is 2.89. The van der Waals surface area contributed by atoms with Crippen LogP contribution in [0.15, 0.2) is 24.3 Å². The van der Waals surface area contributed by atoms with Crippen LogP contribution < -0.4 is 0 Å². The molecule has 0 amide bonds. The quantitative estimate of drug-likeness (QED) is 0.777. The number of benzene rings is 1. The molecule has 0 aliphatic carbocycles. The van der Waals surface area contributed by atoms with Crippen molar-refractivity contribution in [3.63, 3.8) is 0 Å². The summed E-state index contributed by atoms with van der Waals surface area (Å²) in [4.78, 5) is 0. The first-order valence-corrected chi connectivity index (χ1v) is 10.2. The molecule has 0 N–H and O–H groups in total. The first-order chi connectivity index (χ1) is 9.29. The second-order valence-electron chi connectivity index (χ2n) is 6.87. The summed E-state index contributed by atoms with van der Waals surface area (Å²) in [5.74, 6) is 0. The summed E-state index contributed by atoms with van der Waals surface area (Å²) in [5.41, 5.74) is 2.27. The van der Waals surface area contributed by atoms with E-state index in [4.69, 9.17) is 13.9 Å². The summed E-state index contributed by atoms with van der Waals surface area (Å²) < 4.78 is 17.3. The van der Waals surface area contributed by atoms with Crippen LogP contribution in [0.4, 0.5) is 0 Å². The van der Waals surface area contributed by atoms with Crippen molar-refractivity contribution in [1.82, 2.24) is 0 Å². The molecule has 1 aliphatic rings. The van der Waals surface area contributed by atoms with Crippen molar-refractivity contribution >= 4 is 8.32 Å². The minimum absolute atomic E-state index is 0.206. The Morgan fingerprint density at radius 2 is 1.85 bits per heavy atom. The van der Waals surface area contributed by atoms with E-state index >= 15 is 0 Å². The molecule has 0 atom stereocenters. The summed E-state index contributed by atoms with van der Waals surface area (Å²) >= 11 is 0. The van der Waals surface area contributed by atoms with E-state index in [1.165, 1.54) is 5.56 Å². The van der Waals surface area contributed by atoms with Gasteiger partial charge in [-0.15, -0.1) is 0 Å². The normalized spacial score (nSPS) is 17.6. The van der Waals surface area contributed by atoms with Gasteiger partial charge in [0.1, 0.15) is 0 Å². The van der Waals surface area contributed by atoms with Gasteiger partial charge in [0.05, 0.1) is 19.8 Å². The predicted molar refractivity (Wildman–Crippen MR) is 83.1 cm³/mol. The summed E-state index contributed by atoms with van der Waals surface area (Å²) in [6, 6.07) is 8.32. The van der Waals surface area contributed by atoms with Crippen LogP contribution in [0.5, 0.6) is 0 Å². The van der Waals surface area contributed by atoms with Crippen molar-refractivity contribution in [2.24, 2.45) is 0 Å². The molecule has 0 unspecified atom stereocenters. The fraction of sp³-hybridized carbons (Fsp3) is 0.625. The maximum atomic E-state index is 6.25. The van der Waals surface area contributed by atoms with Crippen molar-refractivity contribution in [2.45, 2.75) is 51.8 Å². The van der Waals surface area contributed by atoms with Crippen LogP contribution in [0.3, 0.4) is 0 Å². The zero-order valence-corrected chi connectivity index (χ0v) is 14.2. The Kier molecular flexibility index (Phi) is 4.69. The summed E-state index contributed by atoms with van der Waals surface area (Å²) in [7, 11) is -1.70. The Morgan fingerprint density at radius 3 is 2.45 bits per heavy atom. The van der Waals surface area contributed by atoms with Crippen LogP contribution in [-0.2, 0) is 20.5 Å². The fourth-order valence-corrected chi connectivity index (χ4v) is 2.82. The zero-order chi connectivity index (χ0) is 14.8. The van der Waals surface area contributed by atoms with Crippen LogP contribution in [0, 0.1) is 0 Å². The smallest absolute Gasteiger partial charge is 0.192 e. The van der Waals surface area contributed by atoms with Crippen molar-refractivity contribution < 1.29 is 13.9 Å². The maximum Gasteiger partial charge on any atom is 0.192 e. The minimum atomic E-state index is -1.70. The highest BCUT2D eigenvalue weighted by Gasteiger charge is 2.37. The summed E-state index contributed by atoms with van der Waals surface area (Å²) in [6.45, 7) is 13.4.